The summed E-state index contributed by atoms with van der Waals surface area (Å²) in [6.45, 7) is 0. The van der Waals surface area contributed by atoms with Gasteiger partial charge in [-0.2, -0.15) is 5.10 Å². The van der Waals surface area contributed by atoms with E-state index < -0.39 is 0 Å². The van der Waals surface area contributed by atoms with E-state index in [1.54, 1.807) is 10.7 Å². The van der Waals surface area contributed by atoms with Crippen molar-refractivity contribution < 1.29 is 4.79 Å². The first-order valence-electron chi connectivity index (χ1n) is 8.16. The van der Waals surface area contributed by atoms with Crippen LogP contribution in [0.15, 0.2) is 30.5 Å². The van der Waals surface area contributed by atoms with E-state index in [4.69, 9.17) is 0 Å². The van der Waals surface area contributed by atoms with Gasteiger partial charge in [-0.15, -0.1) is 0 Å². The van der Waals surface area contributed by atoms with Crippen molar-refractivity contribution in [1.29, 1.82) is 0 Å². The molecule has 5 nitrogen and oxygen atoms in total. The fraction of sp³-hybridized carbons (Fsp3) is 0.333. The van der Waals surface area contributed by atoms with Gasteiger partial charge in [0.1, 0.15) is 0 Å². The molecule has 1 aliphatic rings. The average molecular weight is 308 g/mol. The van der Waals surface area contributed by atoms with Crippen molar-refractivity contribution in [2.24, 2.45) is 7.05 Å². The zero-order valence-electron chi connectivity index (χ0n) is 13.2. The molecule has 2 aromatic heterocycles. The third kappa shape index (κ3) is 2.52. The van der Waals surface area contributed by atoms with Crippen LogP contribution in [0.3, 0.4) is 0 Å². The summed E-state index contributed by atoms with van der Waals surface area (Å²) in [5.41, 5.74) is 4.33. The number of anilines is 1. The molecule has 1 aromatic carbocycles. The fourth-order valence-corrected chi connectivity index (χ4v) is 3.46. The highest BCUT2D eigenvalue weighted by Crippen LogP contribution is 2.30. The highest BCUT2D eigenvalue weighted by atomic mass is 16.1. The summed E-state index contributed by atoms with van der Waals surface area (Å²) in [4.78, 5) is 16.1. The number of nitrogens with one attached hydrogen (secondary N) is 2. The van der Waals surface area contributed by atoms with Crippen LogP contribution in [-0.2, 0) is 19.9 Å². The van der Waals surface area contributed by atoms with Gasteiger partial charge in [-0.3, -0.25) is 9.48 Å². The molecule has 4 rings (SSSR count). The number of rotatable bonds is 2. The lowest BCUT2D eigenvalue weighted by Crippen LogP contribution is -2.13. The lowest BCUT2D eigenvalue weighted by atomic mass is 10.0. The van der Waals surface area contributed by atoms with Crippen molar-refractivity contribution in [2.45, 2.75) is 32.1 Å². The number of carbonyl (C=O) groups excluding carboxylic acids is 1. The Balaban J connectivity index is 1.73. The Morgan fingerprint density at radius 2 is 2.09 bits per heavy atom. The molecular weight excluding hydrogens is 288 g/mol. The number of aromatic amines is 1. The highest BCUT2D eigenvalue weighted by molar-refractivity contribution is 6.12. The van der Waals surface area contributed by atoms with Crippen LogP contribution in [0.5, 0.6) is 0 Å². The van der Waals surface area contributed by atoms with E-state index >= 15 is 0 Å². The van der Waals surface area contributed by atoms with E-state index in [1.165, 1.54) is 35.9 Å². The molecule has 1 aliphatic carbocycles. The van der Waals surface area contributed by atoms with Crippen molar-refractivity contribution in [3.63, 3.8) is 0 Å². The van der Waals surface area contributed by atoms with E-state index in [9.17, 15) is 4.79 Å². The molecule has 0 bridgehead atoms. The summed E-state index contributed by atoms with van der Waals surface area (Å²) < 4.78 is 1.67. The summed E-state index contributed by atoms with van der Waals surface area (Å²) in [7, 11) is 1.83. The van der Waals surface area contributed by atoms with Crippen LogP contribution >= 0.6 is 0 Å². The quantitative estimate of drug-likeness (QED) is 0.713. The zero-order chi connectivity index (χ0) is 15.8. The average Bonchev–Trinajstić information content (AvgIpc) is 3.02. The van der Waals surface area contributed by atoms with Crippen LogP contribution in [-0.4, -0.2) is 20.7 Å². The molecule has 0 aliphatic heterocycles. The van der Waals surface area contributed by atoms with Gasteiger partial charge in [0.05, 0.1) is 11.1 Å². The first kappa shape index (κ1) is 14.1. The second kappa shape index (κ2) is 5.57. The van der Waals surface area contributed by atoms with Crippen LogP contribution in [0.2, 0.25) is 0 Å². The molecule has 2 N–H and O–H groups in total. The fourth-order valence-electron chi connectivity index (χ4n) is 3.46. The van der Waals surface area contributed by atoms with Crippen LogP contribution in [0.25, 0.3) is 10.9 Å². The van der Waals surface area contributed by atoms with Crippen molar-refractivity contribution in [3.8, 4) is 0 Å². The van der Waals surface area contributed by atoms with Crippen molar-refractivity contribution >= 4 is 22.6 Å². The van der Waals surface area contributed by atoms with Gasteiger partial charge in [-0.1, -0.05) is 18.6 Å². The Kier molecular flexibility index (Phi) is 3.41. The van der Waals surface area contributed by atoms with Gasteiger partial charge >= 0.3 is 0 Å². The maximum atomic E-state index is 12.6. The number of hydrogen-bond acceptors (Lipinski definition) is 2. The summed E-state index contributed by atoms with van der Waals surface area (Å²) in [6.07, 6.45) is 7.71. The van der Waals surface area contributed by atoms with E-state index in [1.807, 2.05) is 25.4 Å². The van der Waals surface area contributed by atoms with Gasteiger partial charge in [0, 0.05) is 30.4 Å². The number of nitrogens with zero attached hydrogens (tertiary/aromatic N) is 2. The molecule has 0 atom stereocenters. The maximum Gasteiger partial charge on any atom is 0.258 e. The molecule has 118 valence electrons. The number of benzene rings is 1. The molecule has 0 unspecified atom stereocenters. The Labute approximate surface area is 134 Å². The lowest BCUT2D eigenvalue weighted by Gasteiger charge is -2.04. The van der Waals surface area contributed by atoms with Crippen LogP contribution in [0, 0.1) is 0 Å². The molecule has 2 heterocycles. The van der Waals surface area contributed by atoms with Gasteiger partial charge in [-0.25, -0.2) is 0 Å². The molecule has 1 amide bonds. The Hall–Kier alpha value is -2.56. The SMILES string of the molecule is Cn1ccc(NC(=O)c2cccc3c4c([nH]c23)CCCCC4)n1. The number of H-pyrrole nitrogens is 1. The Morgan fingerprint density at radius 1 is 1.22 bits per heavy atom. The van der Waals surface area contributed by atoms with E-state index in [2.05, 4.69) is 21.5 Å². The third-order valence-electron chi connectivity index (χ3n) is 4.58. The van der Waals surface area contributed by atoms with Gasteiger partial charge < -0.3 is 10.3 Å². The predicted octanol–water partition coefficient (Wildman–Crippen LogP) is 3.42. The van der Waals surface area contributed by atoms with Gasteiger partial charge in [0.25, 0.3) is 5.91 Å². The molecule has 5 heteroatoms. The number of aryl methyl sites for hydroxylation is 3. The second-order valence-electron chi connectivity index (χ2n) is 6.20. The summed E-state index contributed by atoms with van der Waals surface area (Å²) in [5, 5.41) is 8.27. The van der Waals surface area contributed by atoms with Gasteiger partial charge in [0.15, 0.2) is 5.82 Å². The number of carbonyl (C=O) groups is 1. The maximum absolute atomic E-state index is 12.6. The molecule has 0 radical (unpaired) electrons. The van der Waals surface area contributed by atoms with Crippen LogP contribution in [0.4, 0.5) is 5.82 Å². The standard InChI is InChI=1S/C18H20N4O/c1-22-11-10-16(21-22)20-18(23)14-8-5-7-13-12-6-3-2-4-9-15(12)19-17(13)14/h5,7-8,10-11,19H,2-4,6,9H2,1H3,(H,20,21,23). The first-order chi connectivity index (χ1) is 11.2. The molecule has 0 fully saturated rings. The number of amides is 1. The van der Waals surface area contributed by atoms with Gasteiger partial charge in [-0.05, 0) is 37.3 Å². The Bertz CT molecular complexity index is 874. The monoisotopic (exact) mass is 308 g/mol. The normalized spacial score (nSPS) is 14.5. The minimum atomic E-state index is -0.120. The smallest absolute Gasteiger partial charge is 0.258 e. The zero-order valence-corrected chi connectivity index (χ0v) is 13.2. The van der Waals surface area contributed by atoms with E-state index in [0.29, 0.717) is 11.4 Å². The molecule has 0 saturated heterocycles. The van der Waals surface area contributed by atoms with E-state index in [-0.39, 0.29) is 5.91 Å². The van der Waals surface area contributed by atoms with Crippen molar-refractivity contribution in [3.05, 3.63) is 47.3 Å². The number of hydrogen-bond donors (Lipinski definition) is 2. The number of aromatic nitrogens is 3. The lowest BCUT2D eigenvalue weighted by molar-refractivity contribution is 0.102. The summed E-state index contributed by atoms with van der Waals surface area (Å²) in [6, 6.07) is 7.75. The van der Waals surface area contributed by atoms with Crippen LogP contribution in [0.1, 0.15) is 40.9 Å². The number of para-hydroxylation sites is 1. The predicted molar refractivity (Wildman–Crippen MR) is 90.7 cm³/mol. The molecular formula is C18H20N4O. The first-order valence-corrected chi connectivity index (χ1v) is 8.16. The molecule has 23 heavy (non-hydrogen) atoms. The second-order valence-corrected chi connectivity index (χ2v) is 6.20. The van der Waals surface area contributed by atoms with Crippen molar-refractivity contribution in [1.82, 2.24) is 14.8 Å². The molecule has 0 spiro atoms. The highest BCUT2D eigenvalue weighted by Gasteiger charge is 2.19. The largest absolute Gasteiger partial charge is 0.358 e. The molecule has 0 saturated carbocycles. The minimum absolute atomic E-state index is 0.120. The van der Waals surface area contributed by atoms with Gasteiger partial charge in [0.2, 0.25) is 0 Å². The summed E-state index contributed by atoms with van der Waals surface area (Å²) >= 11 is 0. The topological polar surface area (TPSA) is 62.7 Å². The van der Waals surface area contributed by atoms with E-state index in [0.717, 1.165) is 18.4 Å². The summed E-state index contributed by atoms with van der Waals surface area (Å²) in [5.74, 6) is 0.452. The Morgan fingerprint density at radius 3 is 2.91 bits per heavy atom. The third-order valence-corrected chi connectivity index (χ3v) is 4.58. The van der Waals surface area contributed by atoms with Crippen LogP contribution < -0.4 is 5.32 Å². The minimum Gasteiger partial charge on any atom is -0.358 e. The van der Waals surface area contributed by atoms with Crippen molar-refractivity contribution in [2.75, 3.05) is 5.32 Å². The number of fused-ring (bicyclic) bond motifs is 3. The molecule has 3 aromatic rings.